The third-order valence-electron chi connectivity index (χ3n) is 2.83. The SMILES string of the molecule is Cc1ccc2nc(SCc3cnc(NN)cn3)[nH]c2c1. The number of hydrazine groups is 1. The number of benzene rings is 1. The molecule has 0 radical (unpaired) electrons. The molecule has 0 amide bonds. The van der Waals surface area contributed by atoms with E-state index in [-0.39, 0.29) is 0 Å². The highest BCUT2D eigenvalue weighted by Gasteiger charge is 2.05. The smallest absolute Gasteiger partial charge is 0.166 e. The van der Waals surface area contributed by atoms with E-state index in [0.717, 1.165) is 21.9 Å². The van der Waals surface area contributed by atoms with Gasteiger partial charge >= 0.3 is 0 Å². The first-order chi connectivity index (χ1) is 9.74. The van der Waals surface area contributed by atoms with Crippen LogP contribution in [0.25, 0.3) is 11.0 Å². The lowest BCUT2D eigenvalue weighted by atomic mass is 10.2. The molecule has 0 fully saturated rings. The lowest BCUT2D eigenvalue weighted by Crippen LogP contribution is -2.08. The zero-order chi connectivity index (χ0) is 13.9. The number of nitrogens with zero attached hydrogens (tertiary/aromatic N) is 3. The van der Waals surface area contributed by atoms with E-state index in [1.807, 2.05) is 6.07 Å². The number of nitrogen functional groups attached to an aromatic ring is 1. The Morgan fingerprint density at radius 1 is 1.30 bits per heavy atom. The molecule has 0 atom stereocenters. The van der Waals surface area contributed by atoms with Gasteiger partial charge in [-0.3, -0.25) is 4.98 Å². The van der Waals surface area contributed by atoms with Gasteiger partial charge in [0.1, 0.15) is 0 Å². The summed E-state index contributed by atoms with van der Waals surface area (Å²) < 4.78 is 0. The monoisotopic (exact) mass is 286 g/mol. The van der Waals surface area contributed by atoms with Crippen molar-refractivity contribution in [3.63, 3.8) is 0 Å². The molecule has 0 spiro atoms. The van der Waals surface area contributed by atoms with E-state index in [9.17, 15) is 0 Å². The van der Waals surface area contributed by atoms with Crippen LogP contribution in [0.5, 0.6) is 0 Å². The van der Waals surface area contributed by atoms with E-state index in [0.29, 0.717) is 11.6 Å². The Morgan fingerprint density at radius 2 is 2.20 bits per heavy atom. The molecule has 20 heavy (non-hydrogen) atoms. The fourth-order valence-electron chi connectivity index (χ4n) is 1.81. The van der Waals surface area contributed by atoms with Crippen molar-refractivity contribution < 1.29 is 0 Å². The van der Waals surface area contributed by atoms with Gasteiger partial charge in [-0.05, 0) is 24.6 Å². The number of thioether (sulfide) groups is 1. The van der Waals surface area contributed by atoms with Gasteiger partial charge in [0.25, 0.3) is 0 Å². The Bertz CT molecular complexity index is 721. The summed E-state index contributed by atoms with van der Waals surface area (Å²) in [6.07, 6.45) is 3.31. The Labute approximate surface area is 120 Å². The molecule has 1 aromatic carbocycles. The number of imidazole rings is 1. The van der Waals surface area contributed by atoms with Crippen LogP contribution in [-0.4, -0.2) is 19.9 Å². The number of H-pyrrole nitrogens is 1. The molecule has 2 heterocycles. The van der Waals surface area contributed by atoms with Gasteiger partial charge in [-0.1, -0.05) is 17.8 Å². The zero-order valence-electron chi connectivity index (χ0n) is 10.9. The molecule has 4 N–H and O–H groups in total. The molecule has 0 saturated carbocycles. The Kier molecular flexibility index (Phi) is 3.53. The number of aromatic amines is 1. The third-order valence-corrected chi connectivity index (χ3v) is 3.73. The molecule has 0 bridgehead atoms. The highest BCUT2D eigenvalue weighted by molar-refractivity contribution is 7.98. The van der Waals surface area contributed by atoms with Crippen LogP contribution < -0.4 is 11.3 Å². The molecule has 3 aromatic rings. The quantitative estimate of drug-likeness (QED) is 0.387. The predicted molar refractivity (Wildman–Crippen MR) is 80.2 cm³/mol. The molecule has 0 unspecified atom stereocenters. The van der Waals surface area contributed by atoms with Crippen LogP contribution in [0.4, 0.5) is 5.82 Å². The van der Waals surface area contributed by atoms with Gasteiger partial charge in [0.05, 0.1) is 29.1 Å². The molecule has 0 aliphatic carbocycles. The summed E-state index contributed by atoms with van der Waals surface area (Å²) in [7, 11) is 0. The summed E-state index contributed by atoms with van der Waals surface area (Å²) in [6.45, 7) is 2.07. The normalized spacial score (nSPS) is 10.9. The summed E-state index contributed by atoms with van der Waals surface area (Å²) >= 11 is 1.60. The first-order valence-corrected chi connectivity index (χ1v) is 7.10. The van der Waals surface area contributed by atoms with E-state index in [1.54, 1.807) is 24.2 Å². The summed E-state index contributed by atoms with van der Waals surface area (Å²) in [5, 5.41) is 0.883. The molecule has 0 saturated heterocycles. The number of fused-ring (bicyclic) bond motifs is 1. The minimum absolute atomic E-state index is 0.554. The second kappa shape index (κ2) is 5.48. The standard InChI is InChI=1S/C13H14N6S/c1-8-2-3-10-11(4-8)18-13(17-10)20-7-9-5-16-12(19-14)6-15-9/h2-6H,7,14H2,1H3,(H,16,19)(H,17,18). The second-order valence-corrected chi connectivity index (χ2v) is 5.35. The van der Waals surface area contributed by atoms with E-state index in [2.05, 4.69) is 44.4 Å². The molecule has 7 heteroatoms. The molecular formula is C13H14N6S. The lowest BCUT2D eigenvalue weighted by molar-refractivity contribution is 1.05. The van der Waals surface area contributed by atoms with Crippen LogP contribution in [-0.2, 0) is 5.75 Å². The number of aromatic nitrogens is 4. The molecule has 102 valence electrons. The van der Waals surface area contributed by atoms with E-state index in [4.69, 9.17) is 5.84 Å². The average molecular weight is 286 g/mol. The molecular weight excluding hydrogens is 272 g/mol. The number of anilines is 1. The van der Waals surface area contributed by atoms with Crippen LogP contribution in [0.2, 0.25) is 0 Å². The minimum Gasteiger partial charge on any atom is -0.333 e. The Morgan fingerprint density at radius 3 is 2.95 bits per heavy atom. The fraction of sp³-hybridized carbons (Fsp3) is 0.154. The number of hydrogen-bond acceptors (Lipinski definition) is 6. The topological polar surface area (TPSA) is 92.5 Å². The third kappa shape index (κ3) is 2.73. The van der Waals surface area contributed by atoms with Gasteiger partial charge in [-0.25, -0.2) is 15.8 Å². The molecule has 6 nitrogen and oxygen atoms in total. The minimum atomic E-state index is 0.554. The largest absolute Gasteiger partial charge is 0.333 e. The molecule has 0 aliphatic rings. The van der Waals surface area contributed by atoms with Gasteiger partial charge in [0, 0.05) is 5.75 Å². The van der Waals surface area contributed by atoms with Crippen molar-refractivity contribution in [3.8, 4) is 0 Å². The Balaban J connectivity index is 1.72. The molecule has 2 aromatic heterocycles. The van der Waals surface area contributed by atoms with Crippen molar-refractivity contribution in [2.45, 2.75) is 17.8 Å². The highest BCUT2D eigenvalue weighted by atomic mass is 32.2. The first-order valence-electron chi connectivity index (χ1n) is 6.11. The number of rotatable bonds is 4. The number of nitrogens with one attached hydrogen (secondary N) is 2. The van der Waals surface area contributed by atoms with Gasteiger partial charge in [0.15, 0.2) is 11.0 Å². The van der Waals surface area contributed by atoms with E-state index >= 15 is 0 Å². The van der Waals surface area contributed by atoms with Gasteiger partial charge in [-0.15, -0.1) is 0 Å². The number of hydrogen-bond donors (Lipinski definition) is 3. The summed E-state index contributed by atoms with van der Waals surface area (Å²) in [4.78, 5) is 16.2. The molecule has 3 rings (SSSR count). The van der Waals surface area contributed by atoms with Gasteiger partial charge in [0.2, 0.25) is 0 Å². The fourth-order valence-corrected chi connectivity index (χ4v) is 2.59. The van der Waals surface area contributed by atoms with Crippen molar-refractivity contribution >= 4 is 28.6 Å². The Hall–Kier alpha value is -2.12. The zero-order valence-corrected chi connectivity index (χ0v) is 11.7. The summed E-state index contributed by atoms with van der Waals surface area (Å²) in [6, 6.07) is 6.17. The maximum Gasteiger partial charge on any atom is 0.166 e. The summed E-state index contributed by atoms with van der Waals surface area (Å²) in [5.41, 5.74) is 6.58. The number of aryl methyl sites for hydroxylation is 1. The maximum absolute atomic E-state index is 5.25. The van der Waals surface area contributed by atoms with Crippen molar-refractivity contribution in [2.24, 2.45) is 5.84 Å². The second-order valence-electron chi connectivity index (χ2n) is 4.39. The number of nitrogens with two attached hydrogens (primary N) is 1. The highest BCUT2D eigenvalue weighted by Crippen LogP contribution is 2.22. The average Bonchev–Trinajstić information content (AvgIpc) is 2.87. The predicted octanol–water partition coefficient (Wildman–Crippen LogP) is 2.24. The first kappa shape index (κ1) is 12.9. The maximum atomic E-state index is 5.25. The van der Waals surface area contributed by atoms with Crippen LogP contribution >= 0.6 is 11.8 Å². The van der Waals surface area contributed by atoms with Crippen molar-refractivity contribution in [1.82, 2.24) is 19.9 Å². The van der Waals surface area contributed by atoms with Crippen LogP contribution in [0.1, 0.15) is 11.3 Å². The van der Waals surface area contributed by atoms with Crippen molar-refractivity contribution in [3.05, 3.63) is 41.9 Å². The van der Waals surface area contributed by atoms with Crippen molar-refractivity contribution in [2.75, 3.05) is 5.43 Å². The van der Waals surface area contributed by atoms with E-state index in [1.165, 1.54) is 5.56 Å². The van der Waals surface area contributed by atoms with Crippen LogP contribution in [0.15, 0.2) is 35.7 Å². The summed E-state index contributed by atoms with van der Waals surface area (Å²) in [5.74, 6) is 6.51. The lowest BCUT2D eigenvalue weighted by Gasteiger charge is -2.00. The van der Waals surface area contributed by atoms with Gasteiger partial charge in [-0.2, -0.15) is 0 Å². The van der Waals surface area contributed by atoms with Gasteiger partial charge < -0.3 is 10.4 Å². The van der Waals surface area contributed by atoms with Crippen LogP contribution in [0, 0.1) is 6.92 Å². The van der Waals surface area contributed by atoms with Crippen molar-refractivity contribution in [1.29, 1.82) is 0 Å². The van der Waals surface area contributed by atoms with Crippen LogP contribution in [0.3, 0.4) is 0 Å². The molecule has 0 aliphatic heterocycles. The van der Waals surface area contributed by atoms with E-state index < -0.39 is 0 Å².